The molecule has 1 saturated heterocycles. The summed E-state index contributed by atoms with van der Waals surface area (Å²) in [4.78, 5) is 24.1. The standard InChI is InChI=1S/C21H21N5O2/c27-21(23-13-16-6-4-12-28-16)15-5-2-10-25(14-15)20-18-8-3-11-26(18)17-7-1-9-22-19(17)24-20/h1,3-4,6-9,11-12,15H,2,5,10,13-14H2,(H,23,27). The minimum absolute atomic E-state index is 0.0615. The predicted octanol–water partition coefficient (Wildman–Crippen LogP) is 3.01. The highest BCUT2D eigenvalue weighted by Gasteiger charge is 2.28. The number of fused-ring (bicyclic) bond motifs is 3. The van der Waals surface area contributed by atoms with Crippen LogP contribution in [-0.4, -0.2) is 33.4 Å². The van der Waals surface area contributed by atoms with E-state index in [-0.39, 0.29) is 11.8 Å². The van der Waals surface area contributed by atoms with Gasteiger partial charge in [-0.2, -0.15) is 0 Å². The first-order valence-electron chi connectivity index (χ1n) is 9.56. The first kappa shape index (κ1) is 16.8. The van der Waals surface area contributed by atoms with Crippen molar-refractivity contribution in [3.63, 3.8) is 0 Å². The van der Waals surface area contributed by atoms with E-state index >= 15 is 0 Å². The molecule has 1 amide bonds. The molecule has 0 saturated carbocycles. The van der Waals surface area contributed by atoms with Crippen LogP contribution in [0.15, 0.2) is 59.5 Å². The number of nitrogens with one attached hydrogen (secondary N) is 1. The van der Waals surface area contributed by atoms with Crippen LogP contribution < -0.4 is 10.2 Å². The summed E-state index contributed by atoms with van der Waals surface area (Å²) in [5.41, 5.74) is 2.73. The van der Waals surface area contributed by atoms with E-state index in [1.54, 1.807) is 12.5 Å². The van der Waals surface area contributed by atoms with Gasteiger partial charge in [0.05, 0.1) is 29.8 Å². The predicted molar refractivity (Wildman–Crippen MR) is 106 cm³/mol. The quantitative estimate of drug-likeness (QED) is 0.593. The van der Waals surface area contributed by atoms with E-state index in [4.69, 9.17) is 9.40 Å². The van der Waals surface area contributed by atoms with E-state index in [0.717, 1.165) is 42.0 Å². The Morgan fingerprint density at radius 3 is 3.04 bits per heavy atom. The summed E-state index contributed by atoms with van der Waals surface area (Å²) in [6.45, 7) is 1.95. The van der Waals surface area contributed by atoms with Gasteiger partial charge in [0, 0.05) is 25.5 Å². The maximum Gasteiger partial charge on any atom is 0.225 e. The molecule has 1 unspecified atom stereocenters. The second-order valence-corrected chi connectivity index (χ2v) is 7.13. The smallest absolute Gasteiger partial charge is 0.225 e. The highest BCUT2D eigenvalue weighted by atomic mass is 16.3. The van der Waals surface area contributed by atoms with Gasteiger partial charge < -0.3 is 19.0 Å². The third-order valence-corrected chi connectivity index (χ3v) is 5.32. The number of amides is 1. The monoisotopic (exact) mass is 375 g/mol. The summed E-state index contributed by atoms with van der Waals surface area (Å²) in [7, 11) is 0. The number of nitrogens with zero attached hydrogens (tertiary/aromatic N) is 4. The normalized spacial score (nSPS) is 17.3. The lowest BCUT2D eigenvalue weighted by Gasteiger charge is -2.33. The SMILES string of the molecule is O=C(NCc1ccco1)C1CCCN(c2nc3ncccc3n3cccc23)C1. The van der Waals surface area contributed by atoms with Crippen LogP contribution in [0.3, 0.4) is 0 Å². The maximum atomic E-state index is 12.7. The van der Waals surface area contributed by atoms with Gasteiger partial charge in [-0.3, -0.25) is 4.79 Å². The van der Waals surface area contributed by atoms with Crippen LogP contribution in [0.25, 0.3) is 16.7 Å². The number of furan rings is 1. The first-order chi connectivity index (χ1) is 13.8. The van der Waals surface area contributed by atoms with Crippen molar-refractivity contribution in [3.05, 3.63) is 60.8 Å². The number of anilines is 1. The van der Waals surface area contributed by atoms with Gasteiger partial charge in [0.25, 0.3) is 0 Å². The van der Waals surface area contributed by atoms with E-state index in [2.05, 4.69) is 25.7 Å². The minimum Gasteiger partial charge on any atom is -0.467 e. The number of aromatic nitrogens is 3. The average molecular weight is 375 g/mol. The molecule has 1 fully saturated rings. The molecule has 142 valence electrons. The Morgan fingerprint density at radius 2 is 2.14 bits per heavy atom. The number of carbonyl (C=O) groups is 1. The number of rotatable bonds is 4. The summed E-state index contributed by atoms with van der Waals surface area (Å²) >= 11 is 0. The Bertz CT molecular complexity index is 1120. The first-order valence-corrected chi connectivity index (χ1v) is 9.56. The molecule has 0 aliphatic carbocycles. The van der Waals surface area contributed by atoms with E-state index in [9.17, 15) is 4.79 Å². The van der Waals surface area contributed by atoms with Gasteiger partial charge in [-0.15, -0.1) is 0 Å². The fourth-order valence-corrected chi connectivity index (χ4v) is 3.94. The van der Waals surface area contributed by atoms with Gasteiger partial charge >= 0.3 is 0 Å². The third kappa shape index (κ3) is 2.98. The molecule has 7 nitrogen and oxygen atoms in total. The number of hydrogen-bond donors (Lipinski definition) is 1. The summed E-state index contributed by atoms with van der Waals surface area (Å²) in [5.74, 6) is 1.64. The van der Waals surface area contributed by atoms with Crippen molar-refractivity contribution >= 4 is 28.4 Å². The Hall–Kier alpha value is -3.35. The van der Waals surface area contributed by atoms with E-state index in [1.165, 1.54) is 0 Å². The van der Waals surface area contributed by atoms with Gasteiger partial charge in [0.15, 0.2) is 11.5 Å². The summed E-state index contributed by atoms with van der Waals surface area (Å²) in [5, 5.41) is 2.99. The number of piperidine rings is 1. The molecule has 7 heteroatoms. The van der Waals surface area contributed by atoms with Gasteiger partial charge in [-0.05, 0) is 49.2 Å². The largest absolute Gasteiger partial charge is 0.467 e. The molecule has 0 radical (unpaired) electrons. The fourth-order valence-electron chi connectivity index (χ4n) is 3.94. The zero-order chi connectivity index (χ0) is 18.9. The van der Waals surface area contributed by atoms with Crippen LogP contribution in [0.1, 0.15) is 18.6 Å². The number of pyridine rings is 1. The fraction of sp³-hybridized carbons (Fsp3) is 0.286. The van der Waals surface area contributed by atoms with E-state index in [1.807, 2.05) is 36.5 Å². The van der Waals surface area contributed by atoms with Crippen LogP contribution >= 0.6 is 0 Å². The lowest BCUT2D eigenvalue weighted by molar-refractivity contribution is -0.125. The second kappa shape index (κ2) is 6.99. The molecule has 0 spiro atoms. The molecule has 28 heavy (non-hydrogen) atoms. The van der Waals surface area contributed by atoms with Crippen LogP contribution in [0, 0.1) is 5.92 Å². The molecule has 4 aromatic heterocycles. The van der Waals surface area contributed by atoms with E-state index in [0.29, 0.717) is 18.7 Å². The van der Waals surface area contributed by atoms with Crippen molar-refractivity contribution in [3.8, 4) is 0 Å². The molecule has 1 aliphatic rings. The summed E-state index contributed by atoms with van der Waals surface area (Å²) in [6, 6.07) is 11.7. The molecule has 5 heterocycles. The molecular weight excluding hydrogens is 354 g/mol. The molecule has 4 aromatic rings. The maximum absolute atomic E-state index is 12.7. The lowest BCUT2D eigenvalue weighted by Crippen LogP contribution is -2.43. The van der Waals surface area contributed by atoms with Crippen molar-refractivity contribution in [1.29, 1.82) is 0 Å². The van der Waals surface area contributed by atoms with Gasteiger partial charge in [0.1, 0.15) is 5.76 Å². The number of hydrogen-bond acceptors (Lipinski definition) is 5. The topological polar surface area (TPSA) is 75.7 Å². The molecule has 1 N–H and O–H groups in total. The molecular formula is C21H21N5O2. The molecule has 0 bridgehead atoms. The second-order valence-electron chi connectivity index (χ2n) is 7.13. The van der Waals surface area contributed by atoms with Crippen molar-refractivity contribution in [1.82, 2.24) is 19.7 Å². The molecule has 0 aromatic carbocycles. The molecule has 5 rings (SSSR count). The zero-order valence-corrected chi connectivity index (χ0v) is 15.4. The van der Waals surface area contributed by atoms with Crippen molar-refractivity contribution in [2.45, 2.75) is 19.4 Å². The van der Waals surface area contributed by atoms with Crippen LogP contribution in [0.4, 0.5) is 5.82 Å². The third-order valence-electron chi connectivity index (χ3n) is 5.32. The zero-order valence-electron chi connectivity index (χ0n) is 15.4. The summed E-state index contributed by atoms with van der Waals surface area (Å²) in [6.07, 6.45) is 7.24. The number of carbonyl (C=O) groups excluding carboxylic acids is 1. The molecule has 1 atom stereocenters. The minimum atomic E-state index is -0.0695. The van der Waals surface area contributed by atoms with Crippen LogP contribution in [0.2, 0.25) is 0 Å². The Kier molecular flexibility index (Phi) is 4.20. The highest BCUT2D eigenvalue weighted by Crippen LogP contribution is 2.28. The Morgan fingerprint density at radius 1 is 1.21 bits per heavy atom. The van der Waals surface area contributed by atoms with Crippen molar-refractivity contribution in [2.75, 3.05) is 18.0 Å². The van der Waals surface area contributed by atoms with Crippen molar-refractivity contribution < 1.29 is 9.21 Å². The van der Waals surface area contributed by atoms with E-state index < -0.39 is 0 Å². The van der Waals surface area contributed by atoms with Gasteiger partial charge in [0.2, 0.25) is 5.91 Å². The van der Waals surface area contributed by atoms with Crippen molar-refractivity contribution in [2.24, 2.45) is 5.92 Å². The van der Waals surface area contributed by atoms with Gasteiger partial charge in [-0.1, -0.05) is 0 Å². The Balaban J connectivity index is 1.40. The molecule has 1 aliphatic heterocycles. The highest BCUT2D eigenvalue weighted by molar-refractivity contribution is 5.84. The van der Waals surface area contributed by atoms with Crippen LogP contribution in [0.5, 0.6) is 0 Å². The summed E-state index contributed by atoms with van der Waals surface area (Å²) < 4.78 is 7.41. The Labute approximate surface area is 162 Å². The van der Waals surface area contributed by atoms with Gasteiger partial charge in [-0.25, -0.2) is 9.97 Å². The average Bonchev–Trinajstić information content (AvgIpc) is 3.43. The van der Waals surface area contributed by atoms with Crippen LogP contribution in [-0.2, 0) is 11.3 Å². The lowest BCUT2D eigenvalue weighted by atomic mass is 9.97.